The van der Waals surface area contributed by atoms with Gasteiger partial charge in [-0.1, -0.05) is 6.07 Å². The first kappa shape index (κ1) is 16.8. The van der Waals surface area contributed by atoms with Crippen molar-refractivity contribution in [3.05, 3.63) is 64.2 Å². The Bertz CT molecular complexity index is 993. The molecule has 3 aromatic rings. The predicted octanol–water partition coefficient (Wildman–Crippen LogP) is 3.88. The van der Waals surface area contributed by atoms with Crippen molar-refractivity contribution >= 4 is 10.9 Å². The number of benzene rings is 1. The molecule has 5 rings (SSSR count). The van der Waals surface area contributed by atoms with Gasteiger partial charge in [0.25, 0.3) is 5.56 Å². The topological polar surface area (TPSA) is 62.7 Å². The standard InChI is InChI=1S/C22H26N4O/c27-22-10-9-21(16-2-3-16)25-26(22)19-6-4-18(5-7-19)24-14-15-1-8-20-17(13-15)11-12-23-20/h1,8-13,16,18-19,23-24H,2-7,14H2. The van der Waals surface area contributed by atoms with Gasteiger partial charge >= 0.3 is 0 Å². The fourth-order valence-corrected chi connectivity index (χ4v) is 4.30. The number of rotatable bonds is 5. The van der Waals surface area contributed by atoms with Crippen LogP contribution >= 0.6 is 0 Å². The minimum absolute atomic E-state index is 0.0515. The second-order valence-electron chi connectivity index (χ2n) is 8.10. The lowest BCUT2D eigenvalue weighted by Crippen LogP contribution is -2.36. The molecule has 2 saturated carbocycles. The number of nitrogens with zero attached hydrogens (tertiary/aromatic N) is 2. The van der Waals surface area contributed by atoms with Gasteiger partial charge < -0.3 is 10.3 Å². The van der Waals surface area contributed by atoms with Gasteiger partial charge in [0.2, 0.25) is 0 Å². The molecule has 0 aliphatic heterocycles. The third-order valence-corrected chi connectivity index (χ3v) is 6.10. The highest BCUT2D eigenvalue weighted by molar-refractivity contribution is 5.79. The van der Waals surface area contributed by atoms with E-state index in [9.17, 15) is 4.79 Å². The molecule has 0 atom stereocenters. The molecule has 0 saturated heterocycles. The van der Waals surface area contributed by atoms with Crippen molar-refractivity contribution in [2.45, 2.75) is 63.1 Å². The number of hydrogen-bond acceptors (Lipinski definition) is 3. The van der Waals surface area contributed by atoms with Crippen molar-refractivity contribution in [1.82, 2.24) is 20.1 Å². The van der Waals surface area contributed by atoms with Gasteiger partial charge in [0.15, 0.2) is 0 Å². The van der Waals surface area contributed by atoms with Gasteiger partial charge in [0.05, 0.1) is 11.7 Å². The molecular formula is C22H26N4O. The van der Waals surface area contributed by atoms with Gasteiger partial charge in [-0.3, -0.25) is 4.79 Å². The van der Waals surface area contributed by atoms with E-state index in [0.29, 0.717) is 12.0 Å². The van der Waals surface area contributed by atoms with E-state index in [-0.39, 0.29) is 11.6 Å². The van der Waals surface area contributed by atoms with E-state index in [0.717, 1.165) is 37.9 Å². The molecule has 0 bridgehead atoms. The molecule has 140 valence electrons. The number of aromatic nitrogens is 3. The molecule has 0 spiro atoms. The number of H-pyrrole nitrogens is 1. The first-order valence-electron chi connectivity index (χ1n) is 10.2. The quantitative estimate of drug-likeness (QED) is 0.724. The lowest BCUT2D eigenvalue weighted by Gasteiger charge is -2.30. The Balaban J connectivity index is 1.19. The average Bonchev–Trinajstić information content (AvgIpc) is 3.44. The molecule has 2 aromatic heterocycles. The summed E-state index contributed by atoms with van der Waals surface area (Å²) in [5.74, 6) is 0.590. The van der Waals surface area contributed by atoms with E-state index in [1.54, 1.807) is 10.7 Å². The monoisotopic (exact) mass is 362 g/mol. The van der Waals surface area contributed by atoms with Crippen molar-refractivity contribution in [3.63, 3.8) is 0 Å². The smallest absolute Gasteiger partial charge is 0.267 e. The van der Waals surface area contributed by atoms with Gasteiger partial charge in [0.1, 0.15) is 0 Å². The Hall–Kier alpha value is -2.40. The molecule has 27 heavy (non-hydrogen) atoms. The largest absolute Gasteiger partial charge is 0.361 e. The molecule has 2 fully saturated rings. The van der Waals surface area contributed by atoms with Crippen LogP contribution in [0.5, 0.6) is 0 Å². The maximum Gasteiger partial charge on any atom is 0.267 e. The van der Waals surface area contributed by atoms with Crippen LogP contribution in [-0.4, -0.2) is 20.8 Å². The predicted molar refractivity (Wildman–Crippen MR) is 107 cm³/mol. The minimum Gasteiger partial charge on any atom is -0.361 e. The zero-order valence-corrected chi connectivity index (χ0v) is 15.5. The maximum absolute atomic E-state index is 12.3. The summed E-state index contributed by atoms with van der Waals surface area (Å²) in [4.78, 5) is 15.5. The van der Waals surface area contributed by atoms with Crippen LogP contribution in [0.25, 0.3) is 10.9 Å². The Morgan fingerprint density at radius 1 is 1.04 bits per heavy atom. The van der Waals surface area contributed by atoms with E-state index in [4.69, 9.17) is 0 Å². The van der Waals surface area contributed by atoms with E-state index >= 15 is 0 Å². The van der Waals surface area contributed by atoms with E-state index in [1.165, 1.54) is 29.3 Å². The Morgan fingerprint density at radius 2 is 1.89 bits per heavy atom. The third kappa shape index (κ3) is 3.56. The van der Waals surface area contributed by atoms with Crippen LogP contribution < -0.4 is 10.9 Å². The van der Waals surface area contributed by atoms with Crippen LogP contribution in [0.3, 0.4) is 0 Å². The fourth-order valence-electron chi connectivity index (χ4n) is 4.30. The Labute approximate surface area is 158 Å². The summed E-state index contributed by atoms with van der Waals surface area (Å²) in [6.45, 7) is 0.895. The molecule has 2 aliphatic rings. The lowest BCUT2D eigenvalue weighted by molar-refractivity contribution is 0.267. The molecule has 0 radical (unpaired) electrons. The van der Waals surface area contributed by atoms with Crippen LogP contribution in [0.1, 0.15) is 61.7 Å². The molecule has 5 heteroatoms. The molecular weight excluding hydrogens is 336 g/mol. The van der Waals surface area contributed by atoms with Crippen molar-refractivity contribution in [3.8, 4) is 0 Å². The van der Waals surface area contributed by atoms with Crippen molar-refractivity contribution in [2.24, 2.45) is 0 Å². The molecule has 1 aromatic carbocycles. The molecule has 5 nitrogen and oxygen atoms in total. The van der Waals surface area contributed by atoms with Gasteiger partial charge in [-0.2, -0.15) is 5.10 Å². The first-order chi connectivity index (χ1) is 13.3. The summed E-state index contributed by atoms with van der Waals surface area (Å²) < 4.78 is 1.77. The first-order valence-corrected chi connectivity index (χ1v) is 10.2. The van der Waals surface area contributed by atoms with Crippen LogP contribution in [-0.2, 0) is 6.54 Å². The summed E-state index contributed by atoms with van der Waals surface area (Å²) in [6.07, 6.45) is 8.66. The summed E-state index contributed by atoms with van der Waals surface area (Å²) in [6, 6.07) is 13.1. The van der Waals surface area contributed by atoms with Crippen LogP contribution in [0.4, 0.5) is 0 Å². The van der Waals surface area contributed by atoms with Crippen molar-refractivity contribution < 1.29 is 0 Å². The maximum atomic E-state index is 12.3. The minimum atomic E-state index is 0.0515. The summed E-state index contributed by atoms with van der Waals surface area (Å²) in [5.41, 5.74) is 3.66. The number of fused-ring (bicyclic) bond motifs is 1. The van der Waals surface area contributed by atoms with Crippen molar-refractivity contribution in [2.75, 3.05) is 0 Å². The van der Waals surface area contributed by atoms with Crippen molar-refractivity contribution in [1.29, 1.82) is 0 Å². The van der Waals surface area contributed by atoms with Crippen LogP contribution in [0.15, 0.2) is 47.4 Å². The number of nitrogens with one attached hydrogen (secondary N) is 2. The van der Waals surface area contributed by atoms with E-state index in [1.807, 2.05) is 12.3 Å². The van der Waals surface area contributed by atoms with Gasteiger partial charge in [0, 0.05) is 36.3 Å². The van der Waals surface area contributed by atoms with Crippen LogP contribution in [0, 0.1) is 0 Å². The third-order valence-electron chi connectivity index (χ3n) is 6.10. The molecule has 0 unspecified atom stereocenters. The average molecular weight is 362 g/mol. The van der Waals surface area contributed by atoms with Crippen LogP contribution in [0.2, 0.25) is 0 Å². The fraction of sp³-hybridized carbons (Fsp3) is 0.455. The normalized spacial score (nSPS) is 23.0. The van der Waals surface area contributed by atoms with E-state index < -0.39 is 0 Å². The Morgan fingerprint density at radius 3 is 2.70 bits per heavy atom. The molecule has 2 N–H and O–H groups in total. The summed E-state index contributed by atoms with van der Waals surface area (Å²) in [5, 5.41) is 9.65. The molecule has 2 heterocycles. The Kier molecular flexibility index (Phi) is 4.32. The number of hydrogen-bond donors (Lipinski definition) is 2. The molecule has 2 aliphatic carbocycles. The zero-order chi connectivity index (χ0) is 18.2. The number of aromatic amines is 1. The summed E-state index contributed by atoms with van der Waals surface area (Å²) >= 11 is 0. The zero-order valence-electron chi connectivity index (χ0n) is 15.5. The second-order valence-corrected chi connectivity index (χ2v) is 8.10. The molecule has 0 amide bonds. The highest BCUT2D eigenvalue weighted by Gasteiger charge is 2.28. The summed E-state index contributed by atoms with van der Waals surface area (Å²) in [7, 11) is 0. The van der Waals surface area contributed by atoms with E-state index in [2.05, 4.69) is 39.7 Å². The highest BCUT2D eigenvalue weighted by atomic mass is 16.1. The highest BCUT2D eigenvalue weighted by Crippen LogP contribution is 2.38. The van der Waals surface area contributed by atoms with Gasteiger partial charge in [-0.25, -0.2) is 4.68 Å². The second kappa shape index (κ2) is 6.97. The van der Waals surface area contributed by atoms with Gasteiger partial charge in [-0.05, 0) is 73.7 Å². The lowest BCUT2D eigenvalue weighted by atomic mass is 9.91. The SMILES string of the molecule is O=c1ccc(C2CC2)nn1C1CCC(NCc2ccc3[nH]ccc3c2)CC1. The van der Waals surface area contributed by atoms with Gasteiger partial charge in [-0.15, -0.1) is 0 Å².